The molecular weight excluding hydrogens is 276 g/mol. The molecule has 100 valence electrons. The van der Waals surface area contributed by atoms with Crippen LogP contribution in [-0.2, 0) is 0 Å². The van der Waals surface area contributed by atoms with E-state index in [2.05, 4.69) is 0 Å². The van der Waals surface area contributed by atoms with Crippen molar-refractivity contribution >= 4 is 28.5 Å². The summed E-state index contributed by atoms with van der Waals surface area (Å²) in [6.07, 6.45) is 0. The van der Waals surface area contributed by atoms with Crippen LogP contribution in [0.4, 0.5) is 0 Å². The Kier molecular flexibility index (Phi) is 2.99. The van der Waals surface area contributed by atoms with Crippen molar-refractivity contribution in [1.82, 2.24) is 0 Å². The molecule has 0 aliphatic rings. The van der Waals surface area contributed by atoms with Gasteiger partial charge in [-0.15, -0.1) is 0 Å². The van der Waals surface area contributed by atoms with Crippen molar-refractivity contribution in [3.63, 3.8) is 0 Å². The lowest BCUT2D eigenvalue weighted by atomic mass is 10.0. The van der Waals surface area contributed by atoms with Crippen LogP contribution in [0.15, 0.2) is 46.9 Å². The highest BCUT2D eigenvalue weighted by atomic mass is 35.5. The minimum atomic E-state index is -0.958. The van der Waals surface area contributed by atoms with Gasteiger partial charge in [0.25, 0.3) is 0 Å². The average molecular weight is 287 g/mol. The van der Waals surface area contributed by atoms with Crippen LogP contribution >= 0.6 is 11.6 Å². The monoisotopic (exact) mass is 286 g/mol. The van der Waals surface area contributed by atoms with Gasteiger partial charge in [-0.2, -0.15) is 0 Å². The summed E-state index contributed by atoms with van der Waals surface area (Å²) in [6.45, 7) is 1.91. The Balaban J connectivity index is 2.22. The van der Waals surface area contributed by atoms with E-state index in [-0.39, 0.29) is 5.56 Å². The van der Waals surface area contributed by atoms with E-state index in [1.165, 1.54) is 0 Å². The smallest absolute Gasteiger partial charge is 0.335 e. The highest BCUT2D eigenvalue weighted by Gasteiger charge is 2.13. The summed E-state index contributed by atoms with van der Waals surface area (Å²) in [5.41, 5.74) is 2.56. The van der Waals surface area contributed by atoms with Crippen molar-refractivity contribution in [1.29, 1.82) is 0 Å². The zero-order valence-corrected chi connectivity index (χ0v) is 11.4. The van der Waals surface area contributed by atoms with Gasteiger partial charge >= 0.3 is 5.97 Å². The molecule has 0 unspecified atom stereocenters. The highest BCUT2D eigenvalue weighted by Crippen LogP contribution is 2.33. The molecule has 1 aromatic heterocycles. The van der Waals surface area contributed by atoms with E-state index in [0.29, 0.717) is 16.4 Å². The van der Waals surface area contributed by atoms with Gasteiger partial charge < -0.3 is 9.52 Å². The summed E-state index contributed by atoms with van der Waals surface area (Å²) in [5.74, 6) is -0.339. The number of halogens is 1. The molecule has 1 heterocycles. The zero-order valence-electron chi connectivity index (χ0n) is 10.7. The molecule has 2 aromatic carbocycles. The van der Waals surface area contributed by atoms with E-state index in [4.69, 9.17) is 21.1 Å². The van der Waals surface area contributed by atoms with E-state index in [1.54, 1.807) is 24.3 Å². The molecule has 3 rings (SSSR count). The number of carbonyl (C=O) groups is 1. The number of carboxylic acid groups (broad SMARTS) is 1. The number of hydrogen-bond donors (Lipinski definition) is 1. The van der Waals surface area contributed by atoms with E-state index >= 15 is 0 Å². The third-order valence-electron chi connectivity index (χ3n) is 3.25. The minimum Gasteiger partial charge on any atom is -0.478 e. The summed E-state index contributed by atoms with van der Waals surface area (Å²) < 4.78 is 5.78. The number of aromatic carboxylic acids is 1. The molecule has 0 fully saturated rings. The van der Waals surface area contributed by atoms with Crippen molar-refractivity contribution in [2.75, 3.05) is 0 Å². The number of benzene rings is 2. The van der Waals surface area contributed by atoms with Crippen molar-refractivity contribution in [2.24, 2.45) is 0 Å². The molecule has 0 aliphatic carbocycles. The fraction of sp³-hybridized carbons (Fsp3) is 0.0625. The molecule has 3 nitrogen and oxygen atoms in total. The predicted octanol–water partition coefficient (Wildman–Crippen LogP) is 4.76. The summed E-state index contributed by atoms with van der Waals surface area (Å²) in [6, 6.07) is 12.4. The average Bonchev–Trinajstić information content (AvgIpc) is 2.84. The van der Waals surface area contributed by atoms with Gasteiger partial charge in [-0.05, 0) is 36.8 Å². The third-order valence-corrected chi connectivity index (χ3v) is 3.54. The Morgan fingerprint density at radius 1 is 1.20 bits per heavy atom. The van der Waals surface area contributed by atoms with E-state index < -0.39 is 5.97 Å². The fourth-order valence-electron chi connectivity index (χ4n) is 2.18. The van der Waals surface area contributed by atoms with Gasteiger partial charge in [0.15, 0.2) is 5.58 Å². The Morgan fingerprint density at radius 3 is 2.70 bits per heavy atom. The third kappa shape index (κ3) is 2.06. The van der Waals surface area contributed by atoms with Crippen LogP contribution in [0, 0.1) is 6.92 Å². The highest BCUT2D eigenvalue weighted by molar-refractivity contribution is 6.34. The van der Waals surface area contributed by atoms with Crippen molar-refractivity contribution in [3.05, 3.63) is 58.6 Å². The summed E-state index contributed by atoms with van der Waals surface area (Å²) in [5, 5.41) is 10.5. The van der Waals surface area contributed by atoms with Crippen LogP contribution in [0.25, 0.3) is 22.3 Å². The number of carboxylic acids is 1. The van der Waals surface area contributed by atoms with Gasteiger partial charge in [0.1, 0.15) is 5.76 Å². The van der Waals surface area contributed by atoms with Crippen molar-refractivity contribution < 1.29 is 14.3 Å². The Hall–Kier alpha value is -2.26. The Morgan fingerprint density at radius 2 is 2.00 bits per heavy atom. The van der Waals surface area contributed by atoms with E-state index in [1.807, 2.05) is 25.1 Å². The maximum absolute atomic E-state index is 11.1. The van der Waals surface area contributed by atoms with Crippen molar-refractivity contribution in [3.8, 4) is 11.3 Å². The van der Waals surface area contributed by atoms with Crippen LogP contribution in [0.1, 0.15) is 15.9 Å². The lowest BCUT2D eigenvalue weighted by molar-refractivity contribution is 0.0697. The maximum atomic E-state index is 11.1. The first-order valence-electron chi connectivity index (χ1n) is 6.08. The van der Waals surface area contributed by atoms with E-state index in [9.17, 15) is 4.79 Å². The first kappa shape index (κ1) is 12.8. The number of furan rings is 1. The van der Waals surface area contributed by atoms with Gasteiger partial charge in [0.05, 0.1) is 10.6 Å². The molecule has 0 spiro atoms. The van der Waals surface area contributed by atoms with Crippen LogP contribution in [0.3, 0.4) is 0 Å². The Bertz CT molecular complexity index is 818. The molecule has 0 radical (unpaired) electrons. The SMILES string of the molecule is Cc1ccc(C(=O)O)cc1-c1cc2cccc(Cl)c2o1. The molecule has 0 saturated heterocycles. The maximum Gasteiger partial charge on any atom is 0.335 e. The number of hydrogen-bond acceptors (Lipinski definition) is 2. The molecule has 1 N–H and O–H groups in total. The minimum absolute atomic E-state index is 0.233. The summed E-state index contributed by atoms with van der Waals surface area (Å²) in [4.78, 5) is 11.1. The molecule has 3 aromatic rings. The number of aryl methyl sites for hydroxylation is 1. The van der Waals surface area contributed by atoms with E-state index in [0.717, 1.165) is 16.5 Å². The molecular formula is C16H11ClO3. The van der Waals surface area contributed by atoms with Crippen molar-refractivity contribution in [2.45, 2.75) is 6.92 Å². The molecule has 0 aliphatic heterocycles. The van der Waals surface area contributed by atoms with Gasteiger partial charge in [-0.25, -0.2) is 4.79 Å². The number of rotatable bonds is 2. The molecule has 20 heavy (non-hydrogen) atoms. The standard InChI is InChI=1S/C16H11ClO3/c1-9-5-6-11(16(18)19)7-12(9)14-8-10-3-2-4-13(17)15(10)20-14/h2-8H,1H3,(H,18,19). The second-order valence-corrected chi connectivity index (χ2v) is 5.01. The first-order valence-corrected chi connectivity index (χ1v) is 6.46. The van der Waals surface area contributed by atoms with Crippen LogP contribution in [0.5, 0.6) is 0 Å². The summed E-state index contributed by atoms with van der Waals surface area (Å²) >= 11 is 6.09. The predicted molar refractivity (Wildman–Crippen MR) is 78.4 cm³/mol. The molecule has 0 bridgehead atoms. The first-order chi connectivity index (χ1) is 9.56. The molecule has 4 heteroatoms. The van der Waals surface area contributed by atoms with Gasteiger partial charge in [-0.1, -0.05) is 29.8 Å². The van der Waals surface area contributed by atoms with Gasteiger partial charge in [0.2, 0.25) is 0 Å². The van der Waals surface area contributed by atoms with Gasteiger partial charge in [-0.3, -0.25) is 0 Å². The molecule has 0 saturated carbocycles. The number of para-hydroxylation sites is 1. The quantitative estimate of drug-likeness (QED) is 0.739. The lowest BCUT2D eigenvalue weighted by Gasteiger charge is -2.03. The van der Waals surface area contributed by atoms with Crippen LogP contribution in [-0.4, -0.2) is 11.1 Å². The van der Waals surface area contributed by atoms with Crippen LogP contribution in [0.2, 0.25) is 5.02 Å². The number of fused-ring (bicyclic) bond motifs is 1. The lowest BCUT2D eigenvalue weighted by Crippen LogP contribution is -1.96. The summed E-state index contributed by atoms with van der Waals surface area (Å²) in [7, 11) is 0. The second kappa shape index (κ2) is 4.69. The van der Waals surface area contributed by atoms with Gasteiger partial charge in [0, 0.05) is 10.9 Å². The normalized spacial score (nSPS) is 10.9. The van der Waals surface area contributed by atoms with Crippen LogP contribution < -0.4 is 0 Å². The molecule has 0 atom stereocenters. The topological polar surface area (TPSA) is 50.4 Å². The molecule has 0 amide bonds. The Labute approximate surface area is 120 Å². The second-order valence-electron chi connectivity index (χ2n) is 4.60. The zero-order chi connectivity index (χ0) is 14.3. The fourth-order valence-corrected chi connectivity index (χ4v) is 2.40. The largest absolute Gasteiger partial charge is 0.478 e.